The molecule has 0 aliphatic heterocycles. The maximum absolute atomic E-state index is 13.4. The van der Waals surface area contributed by atoms with Gasteiger partial charge in [-0.25, -0.2) is 19.0 Å². The molecule has 0 saturated carbocycles. The molecule has 0 aliphatic carbocycles. The van der Waals surface area contributed by atoms with Crippen LogP contribution in [0.15, 0.2) is 70.3 Å². The van der Waals surface area contributed by atoms with E-state index in [-0.39, 0.29) is 23.1 Å². The Morgan fingerprint density at radius 1 is 1.06 bits per heavy atom. The SMILES string of the molecule is COC(=O)c1cc(-c2ccc(F)cc2)nc2c1c(=O)n(C)c(=O)n2Cc1ccccc1. The summed E-state index contributed by atoms with van der Waals surface area (Å²) in [7, 11) is 2.55. The van der Waals surface area contributed by atoms with E-state index in [1.54, 1.807) is 0 Å². The number of benzene rings is 2. The van der Waals surface area contributed by atoms with Gasteiger partial charge in [0.05, 0.1) is 30.3 Å². The van der Waals surface area contributed by atoms with Crippen LogP contribution in [0.2, 0.25) is 0 Å². The van der Waals surface area contributed by atoms with Gasteiger partial charge in [0.1, 0.15) is 5.82 Å². The van der Waals surface area contributed by atoms with Crippen LogP contribution in [0.25, 0.3) is 22.3 Å². The molecular formula is C23H18FN3O4. The summed E-state index contributed by atoms with van der Waals surface area (Å²) in [5.74, 6) is -1.16. The van der Waals surface area contributed by atoms with E-state index >= 15 is 0 Å². The number of carbonyl (C=O) groups is 1. The molecule has 156 valence electrons. The summed E-state index contributed by atoms with van der Waals surface area (Å²) < 4.78 is 20.5. The Hall–Kier alpha value is -4.07. The third-order valence-corrected chi connectivity index (χ3v) is 5.02. The fourth-order valence-corrected chi connectivity index (χ4v) is 3.41. The Bertz CT molecular complexity index is 1410. The first-order chi connectivity index (χ1) is 14.9. The largest absolute Gasteiger partial charge is 0.465 e. The van der Waals surface area contributed by atoms with Crippen molar-refractivity contribution in [1.82, 2.24) is 14.1 Å². The monoisotopic (exact) mass is 419 g/mol. The Kier molecular flexibility index (Phi) is 5.21. The van der Waals surface area contributed by atoms with Crippen LogP contribution >= 0.6 is 0 Å². The molecule has 0 aliphatic rings. The Morgan fingerprint density at radius 2 is 1.74 bits per heavy atom. The first-order valence-corrected chi connectivity index (χ1v) is 9.43. The molecule has 2 aromatic heterocycles. The second kappa shape index (κ2) is 7.98. The molecule has 0 amide bonds. The first kappa shape index (κ1) is 20.2. The molecule has 31 heavy (non-hydrogen) atoms. The number of esters is 1. The lowest BCUT2D eigenvalue weighted by molar-refractivity contribution is 0.0603. The topological polar surface area (TPSA) is 83.2 Å². The minimum Gasteiger partial charge on any atom is -0.465 e. The molecule has 0 bridgehead atoms. The van der Waals surface area contributed by atoms with Gasteiger partial charge in [-0.3, -0.25) is 13.9 Å². The zero-order valence-electron chi connectivity index (χ0n) is 16.8. The number of pyridine rings is 1. The Balaban J connectivity index is 2.10. The average Bonchev–Trinajstić information content (AvgIpc) is 2.80. The van der Waals surface area contributed by atoms with Gasteiger partial charge in [-0.1, -0.05) is 30.3 Å². The quantitative estimate of drug-likeness (QED) is 0.475. The summed E-state index contributed by atoms with van der Waals surface area (Å²) in [6.07, 6.45) is 0. The van der Waals surface area contributed by atoms with E-state index in [9.17, 15) is 18.8 Å². The zero-order valence-corrected chi connectivity index (χ0v) is 16.8. The lowest BCUT2D eigenvalue weighted by Gasteiger charge is -2.15. The number of ether oxygens (including phenoxy) is 1. The van der Waals surface area contributed by atoms with Gasteiger partial charge in [0, 0.05) is 12.6 Å². The smallest absolute Gasteiger partial charge is 0.338 e. The fraction of sp³-hybridized carbons (Fsp3) is 0.130. The van der Waals surface area contributed by atoms with Gasteiger partial charge in [0.15, 0.2) is 5.65 Å². The number of hydrogen-bond donors (Lipinski definition) is 0. The normalized spacial score (nSPS) is 10.9. The summed E-state index contributed by atoms with van der Waals surface area (Å²) >= 11 is 0. The van der Waals surface area contributed by atoms with Gasteiger partial charge in [-0.2, -0.15) is 0 Å². The number of methoxy groups -OCH3 is 1. The van der Waals surface area contributed by atoms with Crippen LogP contribution in [0.4, 0.5) is 4.39 Å². The fourth-order valence-electron chi connectivity index (χ4n) is 3.41. The minimum absolute atomic E-state index is 0.0178. The van der Waals surface area contributed by atoms with Gasteiger partial charge >= 0.3 is 11.7 Å². The molecule has 8 heteroatoms. The molecule has 2 heterocycles. The van der Waals surface area contributed by atoms with Crippen molar-refractivity contribution in [3.63, 3.8) is 0 Å². The summed E-state index contributed by atoms with van der Waals surface area (Å²) in [4.78, 5) is 43.0. The number of nitrogens with zero attached hydrogens (tertiary/aromatic N) is 3. The minimum atomic E-state index is -0.738. The summed E-state index contributed by atoms with van der Waals surface area (Å²) in [5, 5.41) is -0.0178. The molecule has 0 radical (unpaired) electrons. The maximum Gasteiger partial charge on any atom is 0.338 e. The van der Waals surface area contributed by atoms with E-state index in [2.05, 4.69) is 4.98 Å². The summed E-state index contributed by atoms with van der Waals surface area (Å²) in [6.45, 7) is 0.144. The third kappa shape index (κ3) is 3.63. The molecule has 4 rings (SSSR count). The number of fused-ring (bicyclic) bond motifs is 1. The molecule has 7 nitrogen and oxygen atoms in total. The van der Waals surface area contributed by atoms with Crippen LogP contribution in [0, 0.1) is 5.82 Å². The molecular weight excluding hydrogens is 401 g/mol. The number of rotatable bonds is 4. The lowest BCUT2D eigenvalue weighted by atomic mass is 10.1. The second-order valence-electron chi connectivity index (χ2n) is 6.97. The third-order valence-electron chi connectivity index (χ3n) is 5.02. The van der Waals surface area contributed by atoms with Crippen molar-refractivity contribution in [3.8, 4) is 11.3 Å². The molecule has 0 atom stereocenters. The Labute approximate surface area is 176 Å². The maximum atomic E-state index is 13.4. The Morgan fingerprint density at radius 3 is 2.39 bits per heavy atom. The van der Waals surface area contributed by atoms with Gasteiger partial charge in [-0.15, -0.1) is 0 Å². The number of carbonyl (C=O) groups excluding carboxylic acids is 1. The molecule has 0 N–H and O–H groups in total. The molecule has 0 saturated heterocycles. The first-order valence-electron chi connectivity index (χ1n) is 9.43. The predicted molar refractivity (Wildman–Crippen MR) is 114 cm³/mol. The highest BCUT2D eigenvalue weighted by molar-refractivity contribution is 6.03. The highest BCUT2D eigenvalue weighted by atomic mass is 19.1. The number of hydrogen-bond acceptors (Lipinski definition) is 5. The molecule has 4 aromatic rings. The van der Waals surface area contributed by atoms with Crippen LogP contribution < -0.4 is 11.2 Å². The number of aromatic nitrogens is 3. The van der Waals surface area contributed by atoms with E-state index in [4.69, 9.17) is 4.74 Å². The van der Waals surface area contributed by atoms with Crippen LogP contribution in [-0.4, -0.2) is 27.2 Å². The number of halogens is 1. The van der Waals surface area contributed by atoms with Crippen molar-refractivity contribution in [1.29, 1.82) is 0 Å². The molecule has 0 fully saturated rings. The molecule has 2 aromatic carbocycles. The van der Waals surface area contributed by atoms with Crippen molar-refractivity contribution in [2.45, 2.75) is 6.54 Å². The second-order valence-corrected chi connectivity index (χ2v) is 6.97. The summed E-state index contributed by atoms with van der Waals surface area (Å²) in [5.41, 5.74) is 0.463. The van der Waals surface area contributed by atoms with Gasteiger partial charge in [0.2, 0.25) is 0 Å². The average molecular weight is 419 g/mol. The van der Waals surface area contributed by atoms with Crippen LogP contribution in [0.5, 0.6) is 0 Å². The van der Waals surface area contributed by atoms with Gasteiger partial charge < -0.3 is 4.74 Å². The van der Waals surface area contributed by atoms with Crippen molar-refractivity contribution in [3.05, 3.63) is 98.4 Å². The van der Waals surface area contributed by atoms with Gasteiger partial charge in [0.25, 0.3) is 5.56 Å². The highest BCUT2D eigenvalue weighted by Gasteiger charge is 2.22. The standard InChI is InChI=1S/C23H18FN3O4/c1-26-21(28)19-17(22(29)31-2)12-18(15-8-10-16(24)11-9-15)25-20(19)27(23(26)30)13-14-6-4-3-5-7-14/h3-12H,13H2,1-2H3. The van der Waals surface area contributed by atoms with E-state index in [1.807, 2.05) is 30.3 Å². The van der Waals surface area contributed by atoms with E-state index in [0.29, 0.717) is 11.3 Å². The van der Waals surface area contributed by atoms with E-state index < -0.39 is 23.0 Å². The van der Waals surface area contributed by atoms with Gasteiger partial charge in [-0.05, 0) is 35.9 Å². The zero-order chi connectivity index (χ0) is 22.1. The van der Waals surface area contributed by atoms with E-state index in [1.165, 1.54) is 49.1 Å². The molecule has 0 unspecified atom stereocenters. The van der Waals surface area contributed by atoms with Crippen molar-refractivity contribution in [2.24, 2.45) is 7.05 Å². The predicted octanol–water partition coefficient (Wildman–Crippen LogP) is 2.74. The summed E-state index contributed by atoms with van der Waals surface area (Å²) in [6, 6.07) is 16.2. The molecule has 0 spiro atoms. The van der Waals surface area contributed by atoms with Crippen LogP contribution in [-0.2, 0) is 18.3 Å². The van der Waals surface area contributed by atoms with E-state index in [0.717, 1.165) is 10.1 Å². The highest BCUT2D eigenvalue weighted by Crippen LogP contribution is 2.24. The van der Waals surface area contributed by atoms with Crippen LogP contribution in [0.1, 0.15) is 15.9 Å². The van der Waals surface area contributed by atoms with Crippen molar-refractivity contribution >= 4 is 17.0 Å². The lowest BCUT2D eigenvalue weighted by Crippen LogP contribution is -2.39. The van der Waals surface area contributed by atoms with Crippen molar-refractivity contribution < 1.29 is 13.9 Å². The van der Waals surface area contributed by atoms with Crippen molar-refractivity contribution in [2.75, 3.05) is 7.11 Å². The van der Waals surface area contributed by atoms with Crippen LogP contribution in [0.3, 0.4) is 0 Å².